The summed E-state index contributed by atoms with van der Waals surface area (Å²) in [4.78, 5) is 0. The Labute approximate surface area is 76.5 Å². The molecule has 2 N–H and O–H groups in total. The van der Waals surface area contributed by atoms with Crippen molar-refractivity contribution in [1.82, 2.24) is 0 Å². The monoisotopic (exact) mass is 181 g/mol. The molecule has 0 bridgehead atoms. The molecule has 0 saturated carbocycles. The van der Waals surface area contributed by atoms with Gasteiger partial charge in [-0.15, -0.1) is 0 Å². The summed E-state index contributed by atoms with van der Waals surface area (Å²) in [5, 5.41) is 0. The van der Waals surface area contributed by atoms with Gasteiger partial charge >= 0.3 is 0 Å². The van der Waals surface area contributed by atoms with Crippen molar-refractivity contribution in [2.24, 2.45) is 5.73 Å². The van der Waals surface area contributed by atoms with E-state index in [2.05, 4.69) is 0 Å². The predicted octanol–water partition coefficient (Wildman–Crippen LogP) is 2.00. The third-order valence-corrected chi connectivity index (χ3v) is 2.29. The molecule has 0 aromatic heterocycles. The van der Waals surface area contributed by atoms with Crippen LogP contribution in [0.4, 0.5) is 4.39 Å². The first-order valence-electron chi connectivity index (χ1n) is 4.38. The standard InChI is InChI=1S/C10H12FNO/c1-6-4-9(12)8-5-7(11)2-3-10(8)13-6/h2-3,5-6,9H,4,12H2,1H3/t6?,9-/m1/s1. The molecule has 2 nitrogen and oxygen atoms in total. The third kappa shape index (κ3) is 1.52. The van der Waals surface area contributed by atoms with Crippen molar-refractivity contribution in [2.45, 2.75) is 25.5 Å². The number of ether oxygens (including phenoxy) is 1. The summed E-state index contributed by atoms with van der Waals surface area (Å²) in [7, 11) is 0. The molecule has 13 heavy (non-hydrogen) atoms. The molecule has 1 unspecified atom stereocenters. The van der Waals surface area contributed by atoms with Gasteiger partial charge in [-0.25, -0.2) is 4.39 Å². The van der Waals surface area contributed by atoms with E-state index in [0.717, 1.165) is 12.0 Å². The number of fused-ring (bicyclic) bond motifs is 1. The summed E-state index contributed by atoms with van der Waals surface area (Å²) >= 11 is 0. The Bertz CT molecular complexity index is 327. The van der Waals surface area contributed by atoms with Crippen molar-refractivity contribution in [1.29, 1.82) is 0 Å². The average molecular weight is 181 g/mol. The fourth-order valence-electron chi connectivity index (χ4n) is 1.67. The van der Waals surface area contributed by atoms with Gasteiger partial charge in [-0.1, -0.05) is 0 Å². The highest BCUT2D eigenvalue weighted by molar-refractivity contribution is 5.38. The van der Waals surface area contributed by atoms with Crippen molar-refractivity contribution < 1.29 is 9.13 Å². The molecule has 2 atom stereocenters. The van der Waals surface area contributed by atoms with E-state index in [1.54, 1.807) is 6.07 Å². The van der Waals surface area contributed by atoms with Crippen LogP contribution < -0.4 is 10.5 Å². The number of hydrogen-bond donors (Lipinski definition) is 1. The topological polar surface area (TPSA) is 35.2 Å². The van der Waals surface area contributed by atoms with E-state index in [0.29, 0.717) is 5.75 Å². The third-order valence-electron chi connectivity index (χ3n) is 2.29. The van der Waals surface area contributed by atoms with Crippen molar-refractivity contribution in [3.8, 4) is 5.75 Å². The van der Waals surface area contributed by atoms with Crippen molar-refractivity contribution in [2.75, 3.05) is 0 Å². The van der Waals surface area contributed by atoms with Crippen LogP contribution in [-0.2, 0) is 0 Å². The summed E-state index contributed by atoms with van der Waals surface area (Å²) < 4.78 is 18.4. The summed E-state index contributed by atoms with van der Waals surface area (Å²) in [5.41, 5.74) is 6.64. The van der Waals surface area contributed by atoms with E-state index in [1.807, 2.05) is 6.92 Å². The summed E-state index contributed by atoms with van der Waals surface area (Å²) in [6, 6.07) is 4.38. The summed E-state index contributed by atoms with van der Waals surface area (Å²) in [6.45, 7) is 1.96. The molecule has 1 aromatic carbocycles. The van der Waals surface area contributed by atoms with Gasteiger partial charge in [0.15, 0.2) is 0 Å². The van der Waals surface area contributed by atoms with E-state index in [-0.39, 0.29) is 18.0 Å². The second-order valence-corrected chi connectivity index (χ2v) is 3.45. The summed E-state index contributed by atoms with van der Waals surface area (Å²) in [6.07, 6.45) is 0.865. The molecule has 1 aliphatic rings. The molecule has 1 heterocycles. The highest BCUT2D eigenvalue weighted by Crippen LogP contribution is 2.33. The maximum atomic E-state index is 12.9. The van der Waals surface area contributed by atoms with Crippen LogP contribution in [0.3, 0.4) is 0 Å². The zero-order chi connectivity index (χ0) is 9.42. The molecule has 0 saturated heterocycles. The van der Waals surface area contributed by atoms with Gasteiger partial charge in [0.25, 0.3) is 0 Å². The van der Waals surface area contributed by atoms with Gasteiger partial charge in [-0.3, -0.25) is 0 Å². The molecule has 1 aromatic rings. The fraction of sp³-hybridized carbons (Fsp3) is 0.400. The van der Waals surface area contributed by atoms with Crippen LogP contribution in [0.1, 0.15) is 24.9 Å². The lowest BCUT2D eigenvalue weighted by atomic mass is 9.98. The van der Waals surface area contributed by atoms with Gasteiger partial charge in [0.1, 0.15) is 11.6 Å². The van der Waals surface area contributed by atoms with Crippen molar-refractivity contribution in [3.05, 3.63) is 29.6 Å². The van der Waals surface area contributed by atoms with Crippen LogP contribution in [0.2, 0.25) is 0 Å². The molecule has 0 spiro atoms. The van der Waals surface area contributed by atoms with Crippen LogP contribution in [0.15, 0.2) is 18.2 Å². The van der Waals surface area contributed by atoms with Gasteiger partial charge in [0.05, 0.1) is 6.10 Å². The lowest BCUT2D eigenvalue weighted by Crippen LogP contribution is -2.27. The minimum absolute atomic E-state index is 0.102. The smallest absolute Gasteiger partial charge is 0.124 e. The Hall–Kier alpha value is -1.09. The summed E-state index contributed by atoms with van der Waals surface area (Å²) in [5.74, 6) is 0.458. The Morgan fingerprint density at radius 3 is 3.08 bits per heavy atom. The molecule has 2 rings (SSSR count). The molecular weight excluding hydrogens is 169 g/mol. The van der Waals surface area contributed by atoms with Gasteiger partial charge < -0.3 is 10.5 Å². The Kier molecular flexibility index (Phi) is 1.96. The molecular formula is C10H12FNO. The molecule has 3 heteroatoms. The highest BCUT2D eigenvalue weighted by atomic mass is 19.1. The van der Waals surface area contributed by atoms with Gasteiger partial charge in [-0.05, 0) is 25.1 Å². The molecule has 0 fully saturated rings. The Morgan fingerprint density at radius 1 is 1.54 bits per heavy atom. The van der Waals surface area contributed by atoms with Gasteiger partial charge in [0, 0.05) is 18.0 Å². The van der Waals surface area contributed by atoms with Gasteiger partial charge in [0.2, 0.25) is 0 Å². The Balaban J connectivity index is 2.43. The van der Waals surface area contributed by atoms with E-state index in [9.17, 15) is 4.39 Å². The minimum Gasteiger partial charge on any atom is -0.490 e. The first-order chi connectivity index (χ1) is 6.16. The highest BCUT2D eigenvalue weighted by Gasteiger charge is 2.22. The van der Waals surface area contributed by atoms with E-state index < -0.39 is 0 Å². The second kappa shape index (κ2) is 3.00. The lowest BCUT2D eigenvalue weighted by molar-refractivity contribution is 0.176. The maximum Gasteiger partial charge on any atom is 0.124 e. The largest absolute Gasteiger partial charge is 0.490 e. The zero-order valence-corrected chi connectivity index (χ0v) is 7.46. The first kappa shape index (κ1) is 8.51. The van der Waals surface area contributed by atoms with Crippen LogP contribution in [0, 0.1) is 5.82 Å². The quantitative estimate of drug-likeness (QED) is 0.664. The SMILES string of the molecule is CC1C[C@@H](N)c2cc(F)ccc2O1. The normalized spacial score (nSPS) is 26.4. The fourth-order valence-corrected chi connectivity index (χ4v) is 1.67. The van der Waals surface area contributed by atoms with Gasteiger partial charge in [-0.2, -0.15) is 0 Å². The van der Waals surface area contributed by atoms with Crippen LogP contribution in [-0.4, -0.2) is 6.10 Å². The number of benzene rings is 1. The molecule has 70 valence electrons. The van der Waals surface area contributed by atoms with E-state index >= 15 is 0 Å². The molecule has 1 aliphatic heterocycles. The van der Waals surface area contributed by atoms with Crippen molar-refractivity contribution >= 4 is 0 Å². The van der Waals surface area contributed by atoms with Crippen molar-refractivity contribution in [3.63, 3.8) is 0 Å². The molecule has 0 radical (unpaired) electrons. The van der Waals surface area contributed by atoms with Crippen LogP contribution >= 0.6 is 0 Å². The second-order valence-electron chi connectivity index (χ2n) is 3.45. The molecule has 0 amide bonds. The van der Waals surface area contributed by atoms with E-state index in [1.165, 1.54) is 12.1 Å². The average Bonchev–Trinajstić information content (AvgIpc) is 2.06. The first-order valence-corrected chi connectivity index (χ1v) is 4.38. The molecule has 0 aliphatic carbocycles. The van der Waals surface area contributed by atoms with Crippen LogP contribution in [0.5, 0.6) is 5.75 Å². The Morgan fingerprint density at radius 2 is 2.31 bits per heavy atom. The number of nitrogens with two attached hydrogens (primary N) is 1. The number of hydrogen-bond acceptors (Lipinski definition) is 2. The lowest BCUT2D eigenvalue weighted by Gasteiger charge is -2.27. The van der Waals surface area contributed by atoms with E-state index in [4.69, 9.17) is 10.5 Å². The zero-order valence-electron chi connectivity index (χ0n) is 7.46. The minimum atomic E-state index is -0.257. The van der Waals surface area contributed by atoms with Crippen LogP contribution in [0.25, 0.3) is 0 Å². The maximum absolute atomic E-state index is 12.9. The number of halogens is 1. The predicted molar refractivity (Wildman–Crippen MR) is 48.0 cm³/mol. The number of rotatable bonds is 0.